The van der Waals surface area contributed by atoms with E-state index in [4.69, 9.17) is 4.74 Å². The first-order valence-corrected chi connectivity index (χ1v) is 6.46. The second-order valence-corrected chi connectivity index (χ2v) is 4.59. The summed E-state index contributed by atoms with van der Waals surface area (Å²) in [7, 11) is 1.62. The van der Waals surface area contributed by atoms with Crippen molar-refractivity contribution in [3.05, 3.63) is 60.4 Å². The highest BCUT2D eigenvalue weighted by atomic mass is 16.5. The number of aromatic nitrogens is 1. The van der Waals surface area contributed by atoms with E-state index in [1.807, 2.05) is 36.4 Å². The Kier molecular flexibility index (Phi) is 3.28. The van der Waals surface area contributed by atoms with Crippen LogP contribution in [0.1, 0.15) is 10.4 Å². The molecular formula is C17H13NO3. The molecule has 0 fully saturated rings. The van der Waals surface area contributed by atoms with Crippen molar-refractivity contribution in [1.29, 1.82) is 0 Å². The second-order valence-electron chi connectivity index (χ2n) is 4.59. The molecule has 21 heavy (non-hydrogen) atoms. The number of nitrogens with zero attached hydrogens (tertiary/aromatic N) is 1. The van der Waals surface area contributed by atoms with Crippen molar-refractivity contribution in [1.82, 2.24) is 4.98 Å². The van der Waals surface area contributed by atoms with Gasteiger partial charge >= 0.3 is 5.97 Å². The average Bonchev–Trinajstić information content (AvgIpc) is 2.53. The zero-order valence-electron chi connectivity index (χ0n) is 11.4. The molecule has 0 spiro atoms. The van der Waals surface area contributed by atoms with Crippen LogP contribution >= 0.6 is 0 Å². The summed E-state index contributed by atoms with van der Waals surface area (Å²) >= 11 is 0. The molecule has 4 heteroatoms. The molecule has 4 nitrogen and oxygen atoms in total. The number of methoxy groups -OCH3 is 1. The van der Waals surface area contributed by atoms with Gasteiger partial charge in [-0.15, -0.1) is 0 Å². The Labute approximate surface area is 121 Å². The molecule has 1 heterocycles. The van der Waals surface area contributed by atoms with Crippen LogP contribution in [0.15, 0.2) is 54.9 Å². The van der Waals surface area contributed by atoms with Crippen molar-refractivity contribution in [3.8, 4) is 16.9 Å². The molecule has 0 radical (unpaired) electrons. The van der Waals surface area contributed by atoms with E-state index in [0.29, 0.717) is 5.56 Å². The first-order valence-electron chi connectivity index (χ1n) is 6.46. The minimum absolute atomic E-state index is 0.236. The summed E-state index contributed by atoms with van der Waals surface area (Å²) in [5, 5.41) is 11.2. The minimum atomic E-state index is -0.965. The standard InChI is InChI=1S/C17H13NO3/c1-21-16-7-6-12(11-4-2-3-5-13(11)16)15-10-18-9-8-14(15)17(19)20/h2-10H,1H3,(H,19,20). The van der Waals surface area contributed by atoms with Gasteiger partial charge in [-0.2, -0.15) is 0 Å². The van der Waals surface area contributed by atoms with Crippen LogP contribution in [0.4, 0.5) is 0 Å². The van der Waals surface area contributed by atoms with Crippen LogP contribution in [0.3, 0.4) is 0 Å². The summed E-state index contributed by atoms with van der Waals surface area (Å²) < 4.78 is 5.36. The lowest BCUT2D eigenvalue weighted by Gasteiger charge is -2.12. The molecule has 3 rings (SSSR count). The predicted molar refractivity (Wildman–Crippen MR) is 80.7 cm³/mol. The van der Waals surface area contributed by atoms with Gasteiger partial charge in [-0.25, -0.2) is 4.79 Å². The van der Waals surface area contributed by atoms with Crippen LogP contribution in [-0.2, 0) is 0 Å². The predicted octanol–water partition coefficient (Wildman–Crippen LogP) is 3.61. The molecule has 0 atom stereocenters. The highest BCUT2D eigenvalue weighted by Gasteiger charge is 2.15. The Morgan fingerprint density at radius 1 is 1.05 bits per heavy atom. The molecule has 0 unspecified atom stereocenters. The number of carbonyl (C=O) groups is 1. The smallest absolute Gasteiger partial charge is 0.336 e. The fourth-order valence-corrected chi connectivity index (χ4v) is 2.48. The van der Waals surface area contributed by atoms with Gasteiger partial charge in [0.2, 0.25) is 0 Å². The van der Waals surface area contributed by atoms with Crippen molar-refractivity contribution in [3.63, 3.8) is 0 Å². The highest BCUT2D eigenvalue weighted by molar-refractivity contribution is 6.05. The molecule has 3 aromatic rings. The van der Waals surface area contributed by atoms with Crippen molar-refractivity contribution in [2.45, 2.75) is 0 Å². The molecule has 0 aliphatic heterocycles. The SMILES string of the molecule is COc1ccc(-c2cnccc2C(=O)O)c2ccccc12. The van der Waals surface area contributed by atoms with Gasteiger partial charge in [0.25, 0.3) is 0 Å². The van der Waals surface area contributed by atoms with Gasteiger partial charge in [0, 0.05) is 23.3 Å². The quantitative estimate of drug-likeness (QED) is 0.795. The number of aromatic carboxylic acids is 1. The topological polar surface area (TPSA) is 59.4 Å². The van der Waals surface area contributed by atoms with E-state index in [9.17, 15) is 9.90 Å². The number of fused-ring (bicyclic) bond motifs is 1. The molecule has 104 valence electrons. The van der Waals surface area contributed by atoms with Crippen molar-refractivity contribution in [2.24, 2.45) is 0 Å². The minimum Gasteiger partial charge on any atom is -0.496 e. The van der Waals surface area contributed by atoms with Crippen LogP contribution in [0, 0.1) is 0 Å². The third kappa shape index (κ3) is 2.21. The van der Waals surface area contributed by atoms with Crippen LogP contribution < -0.4 is 4.74 Å². The third-order valence-corrected chi connectivity index (χ3v) is 3.45. The molecular weight excluding hydrogens is 266 g/mol. The van der Waals surface area contributed by atoms with Crippen molar-refractivity contribution < 1.29 is 14.6 Å². The molecule has 2 aromatic carbocycles. The number of ether oxygens (including phenoxy) is 1. The number of pyridine rings is 1. The molecule has 0 bridgehead atoms. The summed E-state index contributed by atoms with van der Waals surface area (Å²) in [4.78, 5) is 15.5. The van der Waals surface area contributed by atoms with E-state index in [0.717, 1.165) is 22.1 Å². The Morgan fingerprint density at radius 3 is 2.52 bits per heavy atom. The van der Waals surface area contributed by atoms with Crippen LogP contribution in [0.2, 0.25) is 0 Å². The van der Waals surface area contributed by atoms with E-state index in [-0.39, 0.29) is 5.56 Å². The number of hydrogen-bond donors (Lipinski definition) is 1. The Bertz CT molecular complexity index is 827. The van der Waals surface area contributed by atoms with Crippen molar-refractivity contribution in [2.75, 3.05) is 7.11 Å². The van der Waals surface area contributed by atoms with E-state index in [1.165, 1.54) is 12.3 Å². The molecule has 1 N–H and O–H groups in total. The zero-order valence-corrected chi connectivity index (χ0v) is 11.4. The lowest BCUT2D eigenvalue weighted by atomic mass is 9.95. The summed E-state index contributed by atoms with van der Waals surface area (Å²) in [5.74, 6) is -0.206. The van der Waals surface area contributed by atoms with Gasteiger partial charge in [-0.05, 0) is 29.1 Å². The fourth-order valence-electron chi connectivity index (χ4n) is 2.48. The summed E-state index contributed by atoms with van der Waals surface area (Å²) in [6, 6.07) is 13.0. The maximum Gasteiger partial charge on any atom is 0.336 e. The molecule has 0 saturated heterocycles. The van der Waals surface area contributed by atoms with Gasteiger partial charge < -0.3 is 9.84 Å². The number of carboxylic acids is 1. The lowest BCUT2D eigenvalue weighted by molar-refractivity contribution is 0.0697. The van der Waals surface area contributed by atoms with Gasteiger partial charge in [-0.1, -0.05) is 24.3 Å². The first-order chi connectivity index (χ1) is 10.2. The van der Waals surface area contributed by atoms with E-state index in [2.05, 4.69) is 4.98 Å². The summed E-state index contributed by atoms with van der Waals surface area (Å²) in [6.45, 7) is 0. The normalized spacial score (nSPS) is 10.5. The van der Waals surface area contributed by atoms with Crippen molar-refractivity contribution >= 4 is 16.7 Å². The Morgan fingerprint density at radius 2 is 1.81 bits per heavy atom. The largest absolute Gasteiger partial charge is 0.496 e. The molecule has 0 saturated carbocycles. The number of rotatable bonds is 3. The number of benzene rings is 2. The van der Waals surface area contributed by atoms with E-state index in [1.54, 1.807) is 13.3 Å². The Balaban J connectivity index is 2.35. The van der Waals surface area contributed by atoms with Gasteiger partial charge in [0.05, 0.1) is 12.7 Å². The van der Waals surface area contributed by atoms with Gasteiger partial charge in [-0.3, -0.25) is 4.98 Å². The molecule has 1 aromatic heterocycles. The molecule has 0 aliphatic carbocycles. The van der Waals surface area contributed by atoms with Gasteiger partial charge in [0.15, 0.2) is 0 Å². The first kappa shape index (κ1) is 13.1. The lowest BCUT2D eigenvalue weighted by Crippen LogP contribution is -2.00. The average molecular weight is 279 g/mol. The van der Waals surface area contributed by atoms with Crippen LogP contribution in [-0.4, -0.2) is 23.2 Å². The van der Waals surface area contributed by atoms with Crippen LogP contribution in [0.25, 0.3) is 21.9 Å². The monoisotopic (exact) mass is 279 g/mol. The number of carboxylic acid groups (broad SMARTS) is 1. The zero-order chi connectivity index (χ0) is 14.8. The number of hydrogen-bond acceptors (Lipinski definition) is 3. The summed E-state index contributed by atoms with van der Waals surface area (Å²) in [5.41, 5.74) is 1.67. The van der Waals surface area contributed by atoms with Gasteiger partial charge in [0.1, 0.15) is 5.75 Å². The molecule has 0 aliphatic rings. The maximum absolute atomic E-state index is 11.4. The van der Waals surface area contributed by atoms with E-state index >= 15 is 0 Å². The highest BCUT2D eigenvalue weighted by Crippen LogP contribution is 2.35. The van der Waals surface area contributed by atoms with Crippen LogP contribution in [0.5, 0.6) is 5.75 Å². The summed E-state index contributed by atoms with van der Waals surface area (Å²) in [6.07, 6.45) is 3.07. The maximum atomic E-state index is 11.4. The fraction of sp³-hybridized carbons (Fsp3) is 0.0588. The second kappa shape index (κ2) is 5.25. The van der Waals surface area contributed by atoms with E-state index < -0.39 is 5.97 Å². The Hall–Kier alpha value is -2.88. The third-order valence-electron chi connectivity index (χ3n) is 3.45. The molecule has 0 amide bonds.